The maximum Gasteiger partial charge on any atom is 0.135 e. The van der Waals surface area contributed by atoms with E-state index in [2.05, 4.69) is 9.97 Å². The molecule has 0 aromatic carbocycles. The van der Waals surface area contributed by atoms with E-state index in [0.29, 0.717) is 5.69 Å². The number of aliphatic carboxylic acids is 1. The molecule has 0 aliphatic carbocycles. The Bertz CT molecular complexity index is 294. The molecule has 0 saturated heterocycles. The fraction of sp³-hybridized carbons (Fsp3) is 0.286. The van der Waals surface area contributed by atoms with Crippen molar-refractivity contribution in [3.8, 4) is 0 Å². The third-order valence-electron chi connectivity index (χ3n) is 1.17. The number of hydrogen-bond donors (Lipinski definition) is 0. The van der Waals surface area contributed by atoms with Crippen molar-refractivity contribution in [2.75, 3.05) is 0 Å². The van der Waals surface area contributed by atoms with Gasteiger partial charge in [-0.05, 0) is 13.0 Å². The summed E-state index contributed by atoms with van der Waals surface area (Å²) in [4.78, 5) is 17.7. The zero-order valence-electron chi connectivity index (χ0n) is 6.37. The highest BCUT2D eigenvalue weighted by Gasteiger charge is 1.99. The second-order valence-corrected chi connectivity index (χ2v) is 2.68. The van der Waals surface area contributed by atoms with Gasteiger partial charge in [-0.15, -0.1) is 0 Å². The van der Waals surface area contributed by atoms with Gasteiger partial charge >= 0.3 is 0 Å². The number of rotatable bonds is 2. The number of hydrogen-bond acceptors (Lipinski definition) is 4. The van der Waals surface area contributed by atoms with E-state index in [9.17, 15) is 9.90 Å². The lowest BCUT2D eigenvalue weighted by Crippen LogP contribution is -2.25. The number of halogens is 1. The van der Waals surface area contributed by atoms with Crippen molar-refractivity contribution in [3.05, 3.63) is 22.7 Å². The first-order valence-corrected chi connectivity index (χ1v) is 3.65. The van der Waals surface area contributed by atoms with Gasteiger partial charge in [-0.1, -0.05) is 11.6 Å². The molecular formula is C7H6ClN2O2-. The maximum atomic E-state index is 10.2. The first-order chi connectivity index (χ1) is 5.58. The van der Waals surface area contributed by atoms with Crippen LogP contribution in [0.15, 0.2) is 6.07 Å². The summed E-state index contributed by atoms with van der Waals surface area (Å²) in [5, 5.41) is 10.4. The molecule has 0 aliphatic heterocycles. The van der Waals surface area contributed by atoms with E-state index in [1.54, 1.807) is 13.0 Å². The van der Waals surface area contributed by atoms with Crippen LogP contribution in [-0.2, 0) is 11.2 Å². The van der Waals surface area contributed by atoms with Gasteiger partial charge in [0.25, 0.3) is 0 Å². The van der Waals surface area contributed by atoms with Crippen LogP contribution >= 0.6 is 11.6 Å². The molecule has 0 bridgehead atoms. The van der Waals surface area contributed by atoms with Crippen LogP contribution in [0.3, 0.4) is 0 Å². The monoisotopic (exact) mass is 185 g/mol. The zero-order valence-corrected chi connectivity index (χ0v) is 7.13. The van der Waals surface area contributed by atoms with Crippen LogP contribution in [0.25, 0.3) is 0 Å². The van der Waals surface area contributed by atoms with Crippen LogP contribution in [0.5, 0.6) is 0 Å². The fourth-order valence-corrected chi connectivity index (χ4v) is 1.05. The first kappa shape index (κ1) is 8.93. The van der Waals surface area contributed by atoms with Crippen LogP contribution < -0.4 is 5.11 Å². The highest BCUT2D eigenvalue weighted by molar-refractivity contribution is 6.29. The number of carboxylic acid groups (broad SMARTS) is 1. The van der Waals surface area contributed by atoms with Gasteiger partial charge < -0.3 is 9.90 Å². The van der Waals surface area contributed by atoms with E-state index in [0.717, 1.165) is 0 Å². The number of carbonyl (C=O) groups is 1. The molecule has 1 rings (SSSR count). The van der Waals surface area contributed by atoms with Crippen LogP contribution in [0.2, 0.25) is 5.15 Å². The van der Waals surface area contributed by atoms with E-state index < -0.39 is 5.97 Å². The van der Waals surface area contributed by atoms with Gasteiger partial charge in [-0.2, -0.15) is 0 Å². The molecule has 0 saturated carbocycles. The van der Waals surface area contributed by atoms with Crippen LogP contribution in [-0.4, -0.2) is 15.9 Å². The molecule has 4 nitrogen and oxygen atoms in total. The molecule has 5 heteroatoms. The van der Waals surface area contributed by atoms with Crippen LogP contribution in [0.1, 0.15) is 11.5 Å². The van der Waals surface area contributed by atoms with Gasteiger partial charge in [-0.25, -0.2) is 9.97 Å². The van der Waals surface area contributed by atoms with Crippen LogP contribution in [0, 0.1) is 6.92 Å². The second kappa shape index (κ2) is 3.49. The summed E-state index contributed by atoms with van der Waals surface area (Å²) < 4.78 is 0. The predicted octanol–water partition coefficient (Wildman–Crippen LogP) is -0.269. The predicted molar refractivity (Wildman–Crippen MR) is 40.5 cm³/mol. The van der Waals surface area contributed by atoms with Crippen molar-refractivity contribution >= 4 is 17.6 Å². The summed E-state index contributed by atoms with van der Waals surface area (Å²) >= 11 is 5.57. The minimum absolute atomic E-state index is 0.181. The molecule has 0 spiro atoms. The lowest BCUT2D eigenvalue weighted by molar-refractivity contribution is -0.304. The van der Waals surface area contributed by atoms with Crippen molar-refractivity contribution < 1.29 is 9.90 Å². The number of aromatic nitrogens is 2. The molecule has 0 amide bonds. The Balaban J connectivity index is 2.93. The molecule has 0 radical (unpaired) electrons. The summed E-state index contributed by atoms with van der Waals surface area (Å²) in [6.45, 7) is 1.71. The molecule has 0 N–H and O–H groups in total. The summed E-state index contributed by atoms with van der Waals surface area (Å²) in [5.41, 5.74) is 0.645. The van der Waals surface area contributed by atoms with Gasteiger partial charge in [0.2, 0.25) is 0 Å². The number of aryl methyl sites for hydroxylation is 1. The van der Waals surface area contributed by atoms with Gasteiger partial charge in [0.15, 0.2) is 0 Å². The van der Waals surface area contributed by atoms with Crippen molar-refractivity contribution in [3.63, 3.8) is 0 Å². The molecule has 1 heterocycles. The molecule has 1 aromatic heterocycles. The molecule has 0 atom stereocenters. The Kier molecular flexibility index (Phi) is 2.60. The molecule has 64 valence electrons. The molecular weight excluding hydrogens is 180 g/mol. The largest absolute Gasteiger partial charge is 0.550 e. The SMILES string of the molecule is Cc1cc(Cl)nc(CC(=O)[O-])n1. The lowest BCUT2D eigenvalue weighted by atomic mass is 10.4. The van der Waals surface area contributed by atoms with Gasteiger partial charge in [0.05, 0.1) is 0 Å². The second-order valence-electron chi connectivity index (χ2n) is 2.30. The Morgan fingerprint density at radius 1 is 1.67 bits per heavy atom. The molecule has 0 fully saturated rings. The third-order valence-corrected chi connectivity index (χ3v) is 1.37. The average Bonchev–Trinajstić information content (AvgIpc) is 1.81. The molecule has 1 aromatic rings. The summed E-state index contributed by atoms with van der Waals surface area (Å²) in [6, 6.07) is 1.56. The van der Waals surface area contributed by atoms with E-state index in [4.69, 9.17) is 11.6 Å². The third kappa shape index (κ3) is 2.47. The van der Waals surface area contributed by atoms with Gasteiger partial charge in [0, 0.05) is 18.1 Å². The summed E-state index contributed by atoms with van der Waals surface area (Å²) in [6.07, 6.45) is -0.304. The van der Waals surface area contributed by atoms with Crippen LogP contribution in [0.4, 0.5) is 0 Å². The highest BCUT2D eigenvalue weighted by Crippen LogP contribution is 2.06. The maximum absolute atomic E-state index is 10.2. The fourth-order valence-electron chi connectivity index (χ4n) is 0.797. The average molecular weight is 186 g/mol. The minimum atomic E-state index is -1.21. The highest BCUT2D eigenvalue weighted by atomic mass is 35.5. The van der Waals surface area contributed by atoms with E-state index >= 15 is 0 Å². The zero-order chi connectivity index (χ0) is 9.14. The molecule has 0 aliphatic rings. The first-order valence-electron chi connectivity index (χ1n) is 3.28. The Morgan fingerprint density at radius 3 is 2.83 bits per heavy atom. The summed E-state index contributed by atoms with van der Waals surface area (Å²) in [5.74, 6) is -1.03. The molecule has 12 heavy (non-hydrogen) atoms. The van der Waals surface area contributed by atoms with Gasteiger partial charge in [0.1, 0.15) is 11.0 Å². The normalized spacial score (nSPS) is 9.83. The number of carboxylic acids is 1. The molecule has 0 unspecified atom stereocenters. The Labute approximate surface area is 74.2 Å². The smallest absolute Gasteiger partial charge is 0.135 e. The number of carbonyl (C=O) groups excluding carboxylic acids is 1. The summed E-state index contributed by atoms with van der Waals surface area (Å²) in [7, 11) is 0. The van der Waals surface area contributed by atoms with Crippen molar-refractivity contribution in [1.29, 1.82) is 0 Å². The van der Waals surface area contributed by atoms with Crippen molar-refractivity contribution in [2.45, 2.75) is 13.3 Å². The lowest BCUT2D eigenvalue weighted by Gasteiger charge is -2.01. The van der Waals surface area contributed by atoms with Gasteiger partial charge in [-0.3, -0.25) is 0 Å². The standard InChI is InChI=1S/C7H7ClN2O2/c1-4-2-5(8)10-6(9-4)3-7(11)12/h2H,3H2,1H3,(H,11,12)/p-1. The van der Waals surface area contributed by atoms with E-state index in [-0.39, 0.29) is 17.4 Å². The topological polar surface area (TPSA) is 65.9 Å². The van der Waals surface area contributed by atoms with E-state index in [1.165, 1.54) is 0 Å². The number of nitrogens with zero attached hydrogens (tertiary/aromatic N) is 2. The minimum Gasteiger partial charge on any atom is -0.550 e. The quantitative estimate of drug-likeness (QED) is 0.595. The Hall–Kier alpha value is -1.16. The van der Waals surface area contributed by atoms with Crippen molar-refractivity contribution in [2.24, 2.45) is 0 Å². The van der Waals surface area contributed by atoms with E-state index in [1.807, 2.05) is 0 Å². The Morgan fingerprint density at radius 2 is 2.33 bits per heavy atom. The van der Waals surface area contributed by atoms with Crippen molar-refractivity contribution in [1.82, 2.24) is 9.97 Å².